The monoisotopic (exact) mass is 357 g/mol. The molecule has 0 aliphatic rings. The van der Waals surface area contributed by atoms with Gasteiger partial charge in [0, 0.05) is 16.5 Å². The Balaban J connectivity index is 2.20. The highest BCUT2D eigenvalue weighted by Gasteiger charge is 2.12. The number of amides is 1. The van der Waals surface area contributed by atoms with Crippen LogP contribution < -0.4 is 5.32 Å². The molecule has 0 aliphatic heterocycles. The summed E-state index contributed by atoms with van der Waals surface area (Å²) in [5.74, 6) is -1.83. The molecule has 2 nitrogen and oxygen atoms in total. The predicted octanol–water partition coefficient (Wildman–Crippen LogP) is 4.70. The lowest BCUT2D eigenvalue weighted by atomic mass is 10.2. The number of halogens is 3. The quantitative estimate of drug-likeness (QED) is 0.637. The molecule has 2 aromatic rings. The van der Waals surface area contributed by atoms with Gasteiger partial charge < -0.3 is 5.32 Å². The molecule has 20 heavy (non-hydrogen) atoms. The summed E-state index contributed by atoms with van der Waals surface area (Å²) in [5.41, 5.74) is 0.190. The van der Waals surface area contributed by atoms with E-state index in [0.29, 0.717) is 5.56 Å². The van der Waals surface area contributed by atoms with Crippen LogP contribution in [0.25, 0.3) is 0 Å². The van der Waals surface area contributed by atoms with Crippen molar-refractivity contribution in [2.45, 2.75) is 4.90 Å². The highest BCUT2D eigenvalue weighted by molar-refractivity contribution is 9.10. The van der Waals surface area contributed by atoms with Crippen molar-refractivity contribution in [1.29, 1.82) is 0 Å². The van der Waals surface area contributed by atoms with Gasteiger partial charge in [-0.2, -0.15) is 0 Å². The van der Waals surface area contributed by atoms with E-state index in [9.17, 15) is 13.6 Å². The Hall–Kier alpha value is -1.40. The molecule has 0 unspecified atom stereocenters. The number of thioether (sulfide) groups is 1. The third kappa shape index (κ3) is 3.37. The standard InChI is InChI=1S/C14H10BrF2NOS/c1-20-9-4-2-8(3-5-9)14(19)18-13-7-11(16)10(15)6-12(13)17/h2-7H,1H3,(H,18,19). The van der Waals surface area contributed by atoms with Crippen molar-refractivity contribution in [3.05, 3.63) is 58.1 Å². The molecule has 6 heteroatoms. The maximum Gasteiger partial charge on any atom is 0.255 e. The first-order chi connectivity index (χ1) is 9.51. The Kier molecular flexibility index (Phi) is 4.77. The van der Waals surface area contributed by atoms with E-state index >= 15 is 0 Å². The molecular formula is C14H10BrF2NOS. The number of carbonyl (C=O) groups is 1. The molecule has 104 valence electrons. The lowest BCUT2D eigenvalue weighted by Gasteiger charge is -2.08. The van der Waals surface area contributed by atoms with Crippen molar-refractivity contribution in [3.63, 3.8) is 0 Å². The van der Waals surface area contributed by atoms with Crippen LogP contribution in [0.2, 0.25) is 0 Å². The van der Waals surface area contributed by atoms with Gasteiger partial charge in [0.25, 0.3) is 5.91 Å². The maximum absolute atomic E-state index is 13.6. The molecule has 2 aromatic carbocycles. The third-order valence-electron chi connectivity index (χ3n) is 2.61. The molecule has 0 heterocycles. The minimum absolute atomic E-state index is 0.0114. The Morgan fingerprint density at radius 1 is 1.15 bits per heavy atom. The van der Waals surface area contributed by atoms with Crippen molar-refractivity contribution in [1.82, 2.24) is 0 Å². The highest BCUT2D eigenvalue weighted by atomic mass is 79.9. The van der Waals surface area contributed by atoms with Gasteiger partial charge in [0.15, 0.2) is 0 Å². The molecule has 0 aromatic heterocycles. The first kappa shape index (κ1) is 15.0. The maximum atomic E-state index is 13.6. The zero-order valence-corrected chi connectivity index (χ0v) is 12.8. The van der Waals surface area contributed by atoms with Crippen LogP contribution in [0, 0.1) is 11.6 Å². The second-order valence-electron chi connectivity index (χ2n) is 3.93. The lowest BCUT2D eigenvalue weighted by Crippen LogP contribution is -2.13. The molecule has 1 N–H and O–H groups in total. The zero-order valence-electron chi connectivity index (χ0n) is 10.4. The summed E-state index contributed by atoms with van der Waals surface area (Å²) in [6, 6.07) is 8.76. The first-order valence-corrected chi connectivity index (χ1v) is 7.63. The van der Waals surface area contributed by atoms with Crippen molar-refractivity contribution in [3.8, 4) is 0 Å². The van der Waals surface area contributed by atoms with Crippen molar-refractivity contribution in [2.24, 2.45) is 0 Å². The average molecular weight is 358 g/mol. The van der Waals surface area contributed by atoms with E-state index in [2.05, 4.69) is 21.2 Å². The summed E-state index contributed by atoms with van der Waals surface area (Å²) in [7, 11) is 0. The number of rotatable bonds is 3. The van der Waals surface area contributed by atoms with Crippen LogP contribution in [0.4, 0.5) is 14.5 Å². The van der Waals surface area contributed by atoms with Gasteiger partial charge in [0.1, 0.15) is 11.6 Å². The summed E-state index contributed by atoms with van der Waals surface area (Å²) in [6.07, 6.45) is 1.93. The molecule has 1 amide bonds. The van der Waals surface area contributed by atoms with Crippen LogP contribution in [0.15, 0.2) is 45.8 Å². The topological polar surface area (TPSA) is 29.1 Å². The van der Waals surface area contributed by atoms with E-state index < -0.39 is 17.5 Å². The van der Waals surface area contributed by atoms with Crippen LogP contribution in [0.5, 0.6) is 0 Å². The molecule has 2 rings (SSSR count). The van der Waals surface area contributed by atoms with Gasteiger partial charge >= 0.3 is 0 Å². The molecule has 0 atom stereocenters. The van der Waals surface area contributed by atoms with E-state index in [4.69, 9.17) is 0 Å². The van der Waals surface area contributed by atoms with Crippen LogP contribution in [-0.2, 0) is 0 Å². The number of hydrogen-bond donors (Lipinski definition) is 1. The number of anilines is 1. The molecule has 0 saturated heterocycles. The van der Waals surface area contributed by atoms with Crippen LogP contribution in [0.1, 0.15) is 10.4 Å². The van der Waals surface area contributed by atoms with Crippen molar-refractivity contribution < 1.29 is 13.6 Å². The van der Waals surface area contributed by atoms with Crippen LogP contribution >= 0.6 is 27.7 Å². The van der Waals surface area contributed by atoms with Gasteiger partial charge in [0.2, 0.25) is 0 Å². The zero-order chi connectivity index (χ0) is 14.7. The molecule has 0 spiro atoms. The molecule has 0 bridgehead atoms. The largest absolute Gasteiger partial charge is 0.319 e. The van der Waals surface area contributed by atoms with E-state index in [1.54, 1.807) is 36.0 Å². The minimum atomic E-state index is -0.702. The average Bonchev–Trinajstić information content (AvgIpc) is 2.44. The summed E-state index contributed by atoms with van der Waals surface area (Å²) in [4.78, 5) is 13.0. The van der Waals surface area contributed by atoms with Gasteiger partial charge in [-0.25, -0.2) is 8.78 Å². The van der Waals surface area contributed by atoms with Crippen LogP contribution in [-0.4, -0.2) is 12.2 Å². The van der Waals surface area contributed by atoms with Crippen molar-refractivity contribution >= 4 is 39.3 Å². The fourth-order valence-electron chi connectivity index (χ4n) is 1.56. The predicted molar refractivity (Wildman–Crippen MR) is 80.2 cm³/mol. The Morgan fingerprint density at radius 2 is 1.80 bits per heavy atom. The van der Waals surface area contributed by atoms with E-state index in [0.717, 1.165) is 17.0 Å². The Labute approximate surface area is 127 Å². The number of nitrogens with one attached hydrogen (secondary N) is 1. The Bertz CT molecular complexity index is 646. The fraction of sp³-hybridized carbons (Fsp3) is 0.0714. The SMILES string of the molecule is CSc1ccc(C(=O)Nc2cc(F)c(Br)cc2F)cc1. The van der Waals surface area contributed by atoms with Gasteiger partial charge in [-0.15, -0.1) is 11.8 Å². The molecule has 0 fully saturated rings. The van der Waals surface area contributed by atoms with Crippen molar-refractivity contribution in [2.75, 3.05) is 11.6 Å². The van der Waals surface area contributed by atoms with Gasteiger partial charge in [-0.3, -0.25) is 4.79 Å². The summed E-state index contributed by atoms with van der Waals surface area (Å²) < 4.78 is 27.0. The number of hydrogen-bond acceptors (Lipinski definition) is 2. The van der Waals surface area contributed by atoms with E-state index in [1.165, 1.54) is 0 Å². The first-order valence-electron chi connectivity index (χ1n) is 5.61. The van der Waals surface area contributed by atoms with E-state index in [1.807, 2.05) is 6.26 Å². The lowest BCUT2D eigenvalue weighted by molar-refractivity contribution is 0.102. The Morgan fingerprint density at radius 3 is 2.40 bits per heavy atom. The number of benzene rings is 2. The third-order valence-corrected chi connectivity index (χ3v) is 3.96. The van der Waals surface area contributed by atoms with E-state index in [-0.39, 0.29) is 10.2 Å². The second kappa shape index (κ2) is 6.37. The van der Waals surface area contributed by atoms with Crippen LogP contribution in [0.3, 0.4) is 0 Å². The van der Waals surface area contributed by atoms with Gasteiger partial charge in [0.05, 0.1) is 10.2 Å². The smallest absolute Gasteiger partial charge is 0.255 e. The number of carbonyl (C=O) groups excluding carboxylic acids is 1. The molecule has 0 saturated carbocycles. The minimum Gasteiger partial charge on any atom is -0.319 e. The van der Waals surface area contributed by atoms with Gasteiger partial charge in [-0.05, 0) is 52.5 Å². The molecule has 0 aliphatic carbocycles. The second-order valence-corrected chi connectivity index (χ2v) is 5.66. The highest BCUT2D eigenvalue weighted by Crippen LogP contribution is 2.24. The summed E-state index contributed by atoms with van der Waals surface area (Å²) in [6.45, 7) is 0. The molecular weight excluding hydrogens is 348 g/mol. The normalized spacial score (nSPS) is 10.4. The fourth-order valence-corrected chi connectivity index (χ4v) is 2.28. The summed E-state index contributed by atoms with van der Waals surface area (Å²) in [5, 5.41) is 2.35. The summed E-state index contributed by atoms with van der Waals surface area (Å²) >= 11 is 4.43. The molecule has 0 radical (unpaired) electrons. The van der Waals surface area contributed by atoms with Gasteiger partial charge in [-0.1, -0.05) is 0 Å².